The summed E-state index contributed by atoms with van der Waals surface area (Å²) in [5.41, 5.74) is 5.44. The second-order valence-corrected chi connectivity index (χ2v) is 4.63. The molecular formula is C14H16BN3. The molecule has 0 fully saturated rings. The summed E-state index contributed by atoms with van der Waals surface area (Å²) in [5.74, 6) is 0.666. The van der Waals surface area contributed by atoms with Crippen molar-refractivity contribution in [2.24, 2.45) is 0 Å². The topological polar surface area (TPSA) is 38.7 Å². The quantitative estimate of drug-likeness (QED) is 0.767. The lowest BCUT2D eigenvalue weighted by Crippen LogP contribution is -2.07. The summed E-state index contributed by atoms with van der Waals surface area (Å²) in [6, 6.07) is 6.48. The van der Waals surface area contributed by atoms with E-state index in [1.807, 2.05) is 6.92 Å². The second-order valence-electron chi connectivity index (χ2n) is 4.63. The average Bonchev–Trinajstić information content (AvgIpc) is 2.30. The number of benzene rings is 1. The van der Waals surface area contributed by atoms with Gasteiger partial charge in [-0.05, 0) is 32.7 Å². The lowest BCUT2D eigenvalue weighted by Gasteiger charge is -2.08. The predicted octanol–water partition coefficient (Wildman–Crippen LogP) is 2.06. The molecule has 2 radical (unpaired) electrons. The smallest absolute Gasteiger partial charge is 0.148 e. The van der Waals surface area contributed by atoms with Gasteiger partial charge in [0.05, 0.1) is 19.2 Å². The number of nitrogens with zero attached hydrogens (tertiary/aromatic N) is 3. The zero-order valence-corrected chi connectivity index (χ0v) is 11.1. The van der Waals surface area contributed by atoms with Gasteiger partial charge in [-0.2, -0.15) is 5.10 Å². The van der Waals surface area contributed by atoms with Gasteiger partial charge in [-0.1, -0.05) is 29.3 Å². The van der Waals surface area contributed by atoms with Crippen molar-refractivity contribution in [1.29, 1.82) is 0 Å². The standard InChI is InChI=1S/C14H16BN3/c1-9-4-10(2)6-12(5-9)7-13-14(8-15)16-11(3)17-18-13/h4-6H,7-8H2,1-3H3. The van der Waals surface area contributed by atoms with Crippen molar-refractivity contribution in [2.75, 3.05) is 0 Å². The maximum absolute atomic E-state index is 5.70. The van der Waals surface area contributed by atoms with Crippen molar-refractivity contribution in [2.45, 2.75) is 33.5 Å². The maximum atomic E-state index is 5.70. The molecule has 4 heteroatoms. The van der Waals surface area contributed by atoms with Crippen molar-refractivity contribution < 1.29 is 0 Å². The molecule has 1 aromatic heterocycles. The van der Waals surface area contributed by atoms with Crippen LogP contribution >= 0.6 is 0 Å². The van der Waals surface area contributed by atoms with E-state index < -0.39 is 0 Å². The van der Waals surface area contributed by atoms with Crippen molar-refractivity contribution in [3.63, 3.8) is 0 Å². The van der Waals surface area contributed by atoms with Crippen molar-refractivity contribution in [3.8, 4) is 0 Å². The highest BCUT2D eigenvalue weighted by Crippen LogP contribution is 2.14. The van der Waals surface area contributed by atoms with E-state index in [2.05, 4.69) is 47.2 Å². The Morgan fingerprint density at radius 1 is 0.944 bits per heavy atom. The zero-order valence-electron chi connectivity index (χ0n) is 11.1. The Labute approximate surface area is 109 Å². The van der Waals surface area contributed by atoms with E-state index >= 15 is 0 Å². The zero-order chi connectivity index (χ0) is 13.1. The van der Waals surface area contributed by atoms with E-state index in [1.165, 1.54) is 16.7 Å². The highest BCUT2D eigenvalue weighted by Gasteiger charge is 2.07. The Balaban J connectivity index is 2.33. The van der Waals surface area contributed by atoms with Crippen LogP contribution in [0.5, 0.6) is 0 Å². The average molecular weight is 237 g/mol. The molecule has 0 spiro atoms. The van der Waals surface area contributed by atoms with Crippen LogP contribution in [0.4, 0.5) is 0 Å². The molecule has 90 valence electrons. The van der Waals surface area contributed by atoms with Crippen molar-refractivity contribution >= 4 is 7.85 Å². The van der Waals surface area contributed by atoms with Gasteiger partial charge in [-0.3, -0.25) is 0 Å². The van der Waals surface area contributed by atoms with Gasteiger partial charge < -0.3 is 0 Å². The molecule has 2 aromatic rings. The first-order valence-electron chi connectivity index (χ1n) is 6.05. The Kier molecular flexibility index (Phi) is 3.75. The molecular weight excluding hydrogens is 221 g/mol. The number of aryl methyl sites for hydroxylation is 3. The van der Waals surface area contributed by atoms with Gasteiger partial charge in [0.1, 0.15) is 5.82 Å². The van der Waals surface area contributed by atoms with E-state index in [0.717, 1.165) is 17.8 Å². The van der Waals surface area contributed by atoms with Gasteiger partial charge in [-0.15, -0.1) is 5.10 Å². The Bertz CT molecular complexity index is 547. The number of hydrogen-bond donors (Lipinski definition) is 0. The van der Waals surface area contributed by atoms with Crippen LogP contribution in [-0.4, -0.2) is 23.0 Å². The Hall–Kier alpha value is -1.71. The molecule has 2 rings (SSSR count). The van der Waals surface area contributed by atoms with Crippen LogP contribution in [0.15, 0.2) is 18.2 Å². The van der Waals surface area contributed by atoms with Crippen molar-refractivity contribution in [1.82, 2.24) is 15.2 Å². The molecule has 0 saturated heterocycles. The fourth-order valence-electron chi connectivity index (χ4n) is 2.14. The first kappa shape index (κ1) is 12.7. The molecule has 0 atom stereocenters. The van der Waals surface area contributed by atoms with Gasteiger partial charge in [0.2, 0.25) is 0 Å². The van der Waals surface area contributed by atoms with Gasteiger partial charge in [0.25, 0.3) is 0 Å². The van der Waals surface area contributed by atoms with E-state index in [1.54, 1.807) is 0 Å². The molecule has 0 aliphatic rings. The second kappa shape index (κ2) is 5.30. The number of hydrogen-bond acceptors (Lipinski definition) is 3. The van der Waals surface area contributed by atoms with Crippen LogP contribution in [0.3, 0.4) is 0 Å². The van der Waals surface area contributed by atoms with Crippen molar-refractivity contribution in [3.05, 3.63) is 52.1 Å². The molecule has 1 aromatic carbocycles. The maximum Gasteiger partial charge on any atom is 0.148 e. The highest BCUT2D eigenvalue weighted by atomic mass is 15.2. The summed E-state index contributed by atoms with van der Waals surface area (Å²) in [6.45, 7) is 6.02. The molecule has 0 aliphatic carbocycles. The minimum absolute atomic E-state index is 0.399. The summed E-state index contributed by atoms with van der Waals surface area (Å²) in [7, 11) is 5.70. The fraction of sp³-hybridized carbons (Fsp3) is 0.357. The number of aromatic nitrogens is 3. The monoisotopic (exact) mass is 237 g/mol. The molecule has 1 heterocycles. The van der Waals surface area contributed by atoms with Gasteiger partial charge >= 0.3 is 0 Å². The minimum atomic E-state index is 0.399. The summed E-state index contributed by atoms with van der Waals surface area (Å²) in [4.78, 5) is 4.33. The highest BCUT2D eigenvalue weighted by molar-refractivity contribution is 6.08. The summed E-state index contributed by atoms with van der Waals surface area (Å²) in [5, 5.41) is 8.22. The van der Waals surface area contributed by atoms with Crippen LogP contribution in [0, 0.1) is 20.8 Å². The summed E-state index contributed by atoms with van der Waals surface area (Å²) in [6.07, 6.45) is 1.13. The van der Waals surface area contributed by atoms with E-state index in [9.17, 15) is 0 Å². The van der Waals surface area contributed by atoms with Crippen LogP contribution in [0.1, 0.15) is 33.9 Å². The van der Waals surface area contributed by atoms with Crippen LogP contribution in [-0.2, 0) is 12.7 Å². The molecule has 0 N–H and O–H groups in total. The third-order valence-electron chi connectivity index (χ3n) is 2.79. The molecule has 0 bridgehead atoms. The van der Waals surface area contributed by atoms with E-state index in [0.29, 0.717) is 12.1 Å². The normalized spacial score (nSPS) is 10.6. The molecule has 0 amide bonds. The predicted molar refractivity (Wildman–Crippen MR) is 72.7 cm³/mol. The first-order chi connectivity index (χ1) is 8.58. The van der Waals surface area contributed by atoms with Gasteiger partial charge in [0, 0.05) is 6.42 Å². The third-order valence-corrected chi connectivity index (χ3v) is 2.79. The third kappa shape index (κ3) is 2.94. The largest absolute Gasteiger partial charge is 0.235 e. The van der Waals surface area contributed by atoms with Gasteiger partial charge in [-0.25, -0.2) is 4.98 Å². The molecule has 0 saturated carbocycles. The Morgan fingerprint density at radius 3 is 2.22 bits per heavy atom. The van der Waals surface area contributed by atoms with Crippen LogP contribution < -0.4 is 0 Å². The first-order valence-corrected chi connectivity index (χ1v) is 6.05. The molecule has 18 heavy (non-hydrogen) atoms. The van der Waals surface area contributed by atoms with Crippen LogP contribution in [0.2, 0.25) is 0 Å². The molecule has 0 unspecified atom stereocenters. The minimum Gasteiger partial charge on any atom is -0.235 e. The number of rotatable bonds is 3. The summed E-state index contributed by atoms with van der Waals surface area (Å²) < 4.78 is 0. The SMILES string of the molecule is [B]Cc1nc(C)nnc1Cc1cc(C)cc(C)c1. The van der Waals surface area contributed by atoms with Crippen LogP contribution in [0.25, 0.3) is 0 Å². The van der Waals surface area contributed by atoms with Gasteiger partial charge in [0.15, 0.2) is 0 Å². The van der Waals surface area contributed by atoms with E-state index in [-0.39, 0.29) is 0 Å². The lowest BCUT2D eigenvalue weighted by atomic mass is 9.96. The summed E-state index contributed by atoms with van der Waals surface area (Å²) >= 11 is 0. The van der Waals surface area contributed by atoms with E-state index in [4.69, 9.17) is 7.85 Å². The fourth-order valence-corrected chi connectivity index (χ4v) is 2.14. The molecule has 0 aliphatic heterocycles. The lowest BCUT2D eigenvalue weighted by molar-refractivity contribution is 0.819. The molecule has 3 nitrogen and oxygen atoms in total. The Morgan fingerprint density at radius 2 is 1.61 bits per heavy atom.